The van der Waals surface area contributed by atoms with E-state index in [1.165, 1.54) is 23.9 Å². The van der Waals surface area contributed by atoms with E-state index in [1.807, 2.05) is 30.3 Å². The zero-order valence-corrected chi connectivity index (χ0v) is 15.4. The second-order valence-electron chi connectivity index (χ2n) is 5.53. The first-order valence-corrected chi connectivity index (χ1v) is 9.25. The highest BCUT2D eigenvalue weighted by atomic mass is 32.2. The minimum absolute atomic E-state index is 0.00844. The minimum Gasteiger partial charge on any atom is -0.465 e. The number of non-ortho nitro benzene ring substituents is 1. The molecule has 0 saturated heterocycles. The van der Waals surface area contributed by atoms with Crippen LogP contribution in [0.2, 0.25) is 0 Å². The summed E-state index contributed by atoms with van der Waals surface area (Å²) in [5.41, 5.74) is 2.26. The molecule has 3 rings (SSSR count). The number of nitro benzene ring substituents is 1. The maximum absolute atomic E-state index is 11.7. The maximum Gasteiger partial charge on any atom is 0.316 e. The molecule has 0 amide bonds. The summed E-state index contributed by atoms with van der Waals surface area (Å²) in [7, 11) is 0. The van der Waals surface area contributed by atoms with Crippen LogP contribution in [0.4, 0.5) is 5.69 Å². The number of carbonyl (C=O) groups excluding carboxylic acids is 1. The van der Waals surface area contributed by atoms with E-state index in [4.69, 9.17) is 4.74 Å². The third-order valence-electron chi connectivity index (χ3n) is 3.70. The first kappa shape index (κ1) is 18.7. The van der Waals surface area contributed by atoms with Crippen LogP contribution in [0, 0.1) is 10.1 Å². The summed E-state index contributed by atoms with van der Waals surface area (Å²) in [6.45, 7) is 2.08. The van der Waals surface area contributed by atoms with Gasteiger partial charge in [0.05, 0.1) is 23.0 Å². The smallest absolute Gasteiger partial charge is 0.316 e. The van der Waals surface area contributed by atoms with Crippen molar-refractivity contribution in [3.63, 3.8) is 0 Å². The highest BCUT2D eigenvalue weighted by Gasteiger charge is 2.17. The van der Waals surface area contributed by atoms with Crippen LogP contribution in [0.1, 0.15) is 6.92 Å². The molecular formula is C19H17N3O4S. The summed E-state index contributed by atoms with van der Waals surface area (Å²) in [6.07, 6.45) is 0. The number of nitrogens with one attached hydrogen (secondary N) is 1. The number of esters is 1. The van der Waals surface area contributed by atoms with Gasteiger partial charge in [0, 0.05) is 23.3 Å². The molecule has 7 nitrogen and oxygen atoms in total. The maximum atomic E-state index is 11.7. The second-order valence-corrected chi connectivity index (χ2v) is 6.50. The number of imidazole rings is 1. The average molecular weight is 383 g/mol. The Morgan fingerprint density at radius 1 is 1.19 bits per heavy atom. The summed E-state index contributed by atoms with van der Waals surface area (Å²) in [6, 6.07) is 15.8. The number of H-pyrrole nitrogens is 1. The zero-order chi connectivity index (χ0) is 19.2. The summed E-state index contributed by atoms with van der Waals surface area (Å²) in [4.78, 5) is 30.1. The van der Waals surface area contributed by atoms with Crippen molar-refractivity contribution in [2.24, 2.45) is 0 Å². The van der Waals surface area contributed by atoms with Crippen LogP contribution in [-0.2, 0) is 9.53 Å². The van der Waals surface area contributed by atoms with E-state index in [0.717, 1.165) is 11.3 Å². The van der Waals surface area contributed by atoms with Gasteiger partial charge < -0.3 is 9.72 Å². The predicted octanol–water partition coefficient (Wildman–Crippen LogP) is 4.31. The first-order valence-electron chi connectivity index (χ1n) is 8.27. The highest BCUT2D eigenvalue weighted by Crippen LogP contribution is 2.33. The molecule has 1 N–H and O–H groups in total. The highest BCUT2D eigenvalue weighted by molar-refractivity contribution is 8.00. The molecule has 2 aromatic carbocycles. The molecule has 0 bridgehead atoms. The molecule has 0 radical (unpaired) electrons. The fraction of sp³-hybridized carbons (Fsp3) is 0.158. The Labute approximate surface area is 159 Å². The van der Waals surface area contributed by atoms with Crippen molar-refractivity contribution in [1.82, 2.24) is 9.97 Å². The Morgan fingerprint density at radius 3 is 2.63 bits per heavy atom. The summed E-state index contributed by atoms with van der Waals surface area (Å²) in [5, 5.41) is 11.7. The monoisotopic (exact) mass is 383 g/mol. The number of thioether (sulfide) groups is 1. The number of nitro groups is 1. The van der Waals surface area contributed by atoms with Crippen molar-refractivity contribution in [2.75, 3.05) is 12.4 Å². The van der Waals surface area contributed by atoms with Crippen LogP contribution in [0.15, 0.2) is 59.6 Å². The molecule has 0 aliphatic rings. The van der Waals surface area contributed by atoms with Crippen LogP contribution in [0.25, 0.3) is 22.6 Å². The van der Waals surface area contributed by atoms with Crippen LogP contribution in [0.3, 0.4) is 0 Å². The Morgan fingerprint density at radius 2 is 1.93 bits per heavy atom. The largest absolute Gasteiger partial charge is 0.465 e. The lowest BCUT2D eigenvalue weighted by Crippen LogP contribution is -2.06. The number of aromatic amines is 1. The van der Waals surface area contributed by atoms with Crippen molar-refractivity contribution in [1.29, 1.82) is 0 Å². The van der Waals surface area contributed by atoms with Gasteiger partial charge in [0.15, 0.2) is 0 Å². The number of hydrogen-bond donors (Lipinski definition) is 1. The number of carbonyl (C=O) groups is 1. The second kappa shape index (κ2) is 8.50. The van der Waals surface area contributed by atoms with Crippen LogP contribution >= 0.6 is 11.8 Å². The number of nitrogens with zero attached hydrogens (tertiary/aromatic N) is 2. The van der Waals surface area contributed by atoms with E-state index in [9.17, 15) is 14.9 Å². The Hall–Kier alpha value is -3.13. The summed E-state index contributed by atoms with van der Waals surface area (Å²) >= 11 is 1.27. The summed E-state index contributed by atoms with van der Waals surface area (Å²) < 4.78 is 4.97. The molecule has 138 valence electrons. The Balaban J connectivity index is 1.97. The van der Waals surface area contributed by atoms with Crippen molar-refractivity contribution < 1.29 is 14.5 Å². The molecule has 0 atom stereocenters. The number of rotatable bonds is 7. The van der Waals surface area contributed by atoms with Crippen molar-refractivity contribution in [3.05, 3.63) is 64.7 Å². The van der Waals surface area contributed by atoms with Gasteiger partial charge in [0.2, 0.25) is 0 Å². The number of ether oxygens (including phenoxy) is 1. The van der Waals surface area contributed by atoms with Crippen molar-refractivity contribution in [3.8, 4) is 22.6 Å². The fourth-order valence-electron chi connectivity index (χ4n) is 2.50. The molecule has 8 heteroatoms. The molecule has 3 aromatic rings. The predicted molar refractivity (Wildman–Crippen MR) is 103 cm³/mol. The molecular weight excluding hydrogens is 366 g/mol. The molecule has 0 aliphatic heterocycles. The van der Waals surface area contributed by atoms with Gasteiger partial charge in [-0.1, -0.05) is 54.2 Å². The number of hydrogen-bond acceptors (Lipinski definition) is 6. The lowest BCUT2D eigenvalue weighted by atomic mass is 10.2. The van der Waals surface area contributed by atoms with Gasteiger partial charge in [-0.05, 0) is 6.92 Å². The van der Waals surface area contributed by atoms with Gasteiger partial charge in [0.1, 0.15) is 10.9 Å². The first-order chi connectivity index (χ1) is 13.1. The van der Waals surface area contributed by atoms with Gasteiger partial charge in [0.25, 0.3) is 5.69 Å². The third-order valence-corrected chi connectivity index (χ3v) is 4.64. The van der Waals surface area contributed by atoms with Gasteiger partial charge in [-0.15, -0.1) is 0 Å². The third kappa shape index (κ3) is 4.53. The van der Waals surface area contributed by atoms with Crippen LogP contribution < -0.4 is 0 Å². The number of aromatic nitrogens is 2. The van der Waals surface area contributed by atoms with Gasteiger partial charge in [-0.3, -0.25) is 14.9 Å². The van der Waals surface area contributed by atoms with Gasteiger partial charge in [-0.25, -0.2) is 4.98 Å². The summed E-state index contributed by atoms with van der Waals surface area (Å²) in [5.74, 6) is 0.317. The molecule has 0 saturated carbocycles. The SMILES string of the molecule is CCOC(=O)CSc1nc(-c2cccc([N+](=O)[O-])c2)[nH]c1-c1ccccc1. The molecule has 1 heterocycles. The van der Waals surface area contributed by atoms with Gasteiger partial charge in [-0.2, -0.15) is 0 Å². The Kier molecular flexibility index (Phi) is 5.87. The van der Waals surface area contributed by atoms with Crippen LogP contribution in [0.5, 0.6) is 0 Å². The van der Waals surface area contributed by atoms with E-state index in [2.05, 4.69) is 9.97 Å². The lowest BCUT2D eigenvalue weighted by molar-refractivity contribution is -0.384. The Bertz CT molecular complexity index is 957. The van der Waals surface area contributed by atoms with Gasteiger partial charge >= 0.3 is 5.97 Å². The standard InChI is InChI=1S/C19H17N3O4S/c1-2-26-16(23)12-27-19-17(13-7-4-3-5-8-13)20-18(21-19)14-9-6-10-15(11-14)22(24)25/h3-11H,2,12H2,1H3,(H,20,21). The van der Waals surface area contributed by atoms with E-state index >= 15 is 0 Å². The molecule has 0 fully saturated rings. The van der Waals surface area contributed by atoms with E-state index < -0.39 is 4.92 Å². The molecule has 27 heavy (non-hydrogen) atoms. The molecule has 1 aromatic heterocycles. The van der Waals surface area contributed by atoms with E-state index in [-0.39, 0.29) is 17.4 Å². The fourth-order valence-corrected chi connectivity index (χ4v) is 3.30. The zero-order valence-electron chi connectivity index (χ0n) is 14.5. The van der Waals surface area contributed by atoms with Crippen LogP contribution in [-0.4, -0.2) is 33.2 Å². The van der Waals surface area contributed by atoms with E-state index in [1.54, 1.807) is 19.1 Å². The quantitative estimate of drug-likeness (QED) is 0.283. The topological polar surface area (TPSA) is 98.1 Å². The van der Waals surface area contributed by atoms with Crippen molar-refractivity contribution in [2.45, 2.75) is 11.9 Å². The molecule has 0 aliphatic carbocycles. The molecule has 0 unspecified atom stereocenters. The number of benzene rings is 2. The lowest BCUT2D eigenvalue weighted by Gasteiger charge is -2.03. The van der Waals surface area contributed by atoms with E-state index in [0.29, 0.717) is 23.0 Å². The van der Waals surface area contributed by atoms with Crippen molar-refractivity contribution >= 4 is 23.4 Å². The normalized spacial score (nSPS) is 10.6. The molecule has 0 spiro atoms. The minimum atomic E-state index is -0.443. The average Bonchev–Trinajstić information content (AvgIpc) is 3.12.